The molecule has 0 aliphatic carbocycles. The van der Waals surface area contributed by atoms with Crippen molar-refractivity contribution in [1.82, 2.24) is 10.2 Å². The smallest absolute Gasteiger partial charge is 0.255 e. The van der Waals surface area contributed by atoms with Crippen LogP contribution in [0, 0.1) is 9.49 Å². The summed E-state index contributed by atoms with van der Waals surface area (Å²) in [4.78, 5) is 15.1. The third-order valence-electron chi connectivity index (χ3n) is 4.46. The van der Waals surface area contributed by atoms with Crippen LogP contribution in [0.1, 0.15) is 30.1 Å². The zero-order valence-electron chi connectivity index (χ0n) is 12.3. The highest BCUT2D eigenvalue weighted by atomic mass is 127. The Morgan fingerprint density at radius 3 is 2.81 bits per heavy atom. The van der Waals surface area contributed by atoms with Gasteiger partial charge in [0.1, 0.15) is 5.75 Å². The van der Waals surface area contributed by atoms with E-state index < -0.39 is 0 Å². The minimum absolute atomic E-state index is 0.00397. The monoisotopic (exact) mass is 400 g/mol. The van der Waals surface area contributed by atoms with Crippen molar-refractivity contribution in [3.63, 3.8) is 0 Å². The van der Waals surface area contributed by atoms with Crippen molar-refractivity contribution < 1.29 is 9.53 Å². The Morgan fingerprint density at radius 1 is 1.43 bits per heavy atom. The molecular formula is C16H21IN2O2. The number of fused-ring (bicyclic) bond motifs is 3. The molecule has 3 fully saturated rings. The standard InChI is InChI=1S/C16H21IN2O2/c1-2-21-15-4-3-12(17)9-13(15)16(20)18-14-10-19-7-5-11(14)6-8-19/h3-4,9,11,14H,2,5-8,10H2,1H3,(H,18,20). The molecule has 21 heavy (non-hydrogen) atoms. The van der Waals surface area contributed by atoms with Crippen molar-refractivity contribution in [3.8, 4) is 5.75 Å². The summed E-state index contributed by atoms with van der Waals surface area (Å²) in [6.45, 7) is 5.87. The maximum Gasteiger partial charge on any atom is 0.255 e. The number of nitrogens with zero attached hydrogens (tertiary/aromatic N) is 1. The van der Waals surface area contributed by atoms with E-state index >= 15 is 0 Å². The van der Waals surface area contributed by atoms with Crippen LogP contribution in [-0.4, -0.2) is 43.1 Å². The first kappa shape index (κ1) is 15.1. The van der Waals surface area contributed by atoms with Crippen molar-refractivity contribution in [2.75, 3.05) is 26.2 Å². The van der Waals surface area contributed by atoms with E-state index in [1.165, 1.54) is 25.9 Å². The van der Waals surface area contributed by atoms with Crippen molar-refractivity contribution in [3.05, 3.63) is 27.3 Å². The van der Waals surface area contributed by atoms with E-state index in [1.54, 1.807) is 0 Å². The molecule has 1 amide bonds. The number of amides is 1. The van der Waals surface area contributed by atoms with Gasteiger partial charge in [-0.2, -0.15) is 0 Å². The predicted molar refractivity (Wildman–Crippen MR) is 90.7 cm³/mol. The molecule has 3 aliphatic heterocycles. The molecule has 5 heteroatoms. The number of benzene rings is 1. The largest absolute Gasteiger partial charge is 0.493 e. The minimum Gasteiger partial charge on any atom is -0.493 e. The third-order valence-corrected chi connectivity index (χ3v) is 5.13. The Labute approximate surface area is 139 Å². The van der Waals surface area contributed by atoms with Gasteiger partial charge in [0.05, 0.1) is 12.2 Å². The Balaban J connectivity index is 1.74. The molecule has 1 atom stereocenters. The van der Waals surface area contributed by atoms with Gasteiger partial charge in [-0.05, 0) is 79.6 Å². The van der Waals surface area contributed by atoms with Gasteiger partial charge in [0, 0.05) is 16.2 Å². The summed E-state index contributed by atoms with van der Waals surface area (Å²) in [6, 6.07) is 6.04. The fraction of sp³-hybridized carbons (Fsp3) is 0.562. The molecule has 1 N–H and O–H groups in total. The molecule has 1 aromatic rings. The second-order valence-corrected chi connectivity index (χ2v) is 7.04. The van der Waals surface area contributed by atoms with E-state index in [9.17, 15) is 4.79 Å². The van der Waals surface area contributed by atoms with E-state index in [4.69, 9.17) is 4.74 Å². The minimum atomic E-state index is -0.00397. The number of rotatable bonds is 4. The van der Waals surface area contributed by atoms with Gasteiger partial charge in [-0.15, -0.1) is 0 Å². The SMILES string of the molecule is CCOc1ccc(I)cc1C(=O)NC1CN2CCC1CC2. The molecule has 3 aliphatic rings. The second kappa shape index (κ2) is 6.52. The molecule has 1 aromatic carbocycles. The summed E-state index contributed by atoms with van der Waals surface area (Å²) in [6.07, 6.45) is 2.41. The topological polar surface area (TPSA) is 41.6 Å². The quantitative estimate of drug-likeness (QED) is 0.790. The Bertz CT molecular complexity index is 527. The first-order valence-corrected chi connectivity index (χ1v) is 8.71. The third kappa shape index (κ3) is 3.34. The highest BCUT2D eigenvalue weighted by molar-refractivity contribution is 14.1. The van der Waals surface area contributed by atoms with Crippen LogP contribution in [0.2, 0.25) is 0 Å². The summed E-state index contributed by atoms with van der Waals surface area (Å²) >= 11 is 2.23. The van der Waals surface area contributed by atoms with Crippen LogP contribution in [0.25, 0.3) is 0 Å². The number of carbonyl (C=O) groups is 1. The number of ether oxygens (including phenoxy) is 1. The maximum atomic E-state index is 12.6. The molecule has 0 aromatic heterocycles. The van der Waals surface area contributed by atoms with Gasteiger partial charge in [0.25, 0.3) is 5.91 Å². The van der Waals surface area contributed by atoms with Crippen LogP contribution >= 0.6 is 22.6 Å². The lowest BCUT2D eigenvalue weighted by atomic mass is 9.84. The number of hydrogen-bond donors (Lipinski definition) is 1. The zero-order chi connectivity index (χ0) is 14.8. The fourth-order valence-electron chi connectivity index (χ4n) is 3.34. The van der Waals surface area contributed by atoms with Gasteiger partial charge in [0.15, 0.2) is 0 Å². The first-order valence-electron chi connectivity index (χ1n) is 7.63. The van der Waals surface area contributed by atoms with Crippen LogP contribution in [-0.2, 0) is 0 Å². The molecule has 1 unspecified atom stereocenters. The highest BCUT2D eigenvalue weighted by Crippen LogP contribution is 2.28. The van der Waals surface area contributed by atoms with E-state index in [2.05, 4.69) is 32.8 Å². The molecule has 114 valence electrons. The van der Waals surface area contributed by atoms with Crippen molar-refractivity contribution in [2.24, 2.45) is 5.92 Å². The van der Waals surface area contributed by atoms with Crippen LogP contribution < -0.4 is 10.1 Å². The summed E-state index contributed by atoms with van der Waals surface area (Å²) in [5.41, 5.74) is 0.653. The van der Waals surface area contributed by atoms with Gasteiger partial charge in [-0.1, -0.05) is 0 Å². The number of piperidine rings is 3. The van der Waals surface area contributed by atoms with Crippen molar-refractivity contribution in [1.29, 1.82) is 0 Å². The van der Waals surface area contributed by atoms with Gasteiger partial charge < -0.3 is 15.0 Å². The van der Waals surface area contributed by atoms with E-state index in [-0.39, 0.29) is 11.9 Å². The number of carbonyl (C=O) groups excluding carboxylic acids is 1. The lowest BCUT2D eigenvalue weighted by Crippen LogP contribution is -2.57. The average Bonchev–Trinajstić information content (AvgIpc) is 2.50. The van der Waals surface area contributed by atoms with Crippen molar-refractivity contribution in [2.45, 2.75) is 25.8 Å². The second-order valence-electron chi connectivity index (χ2n) is 5.79. The first-order chi connectivity index (χ1) is 10.2. The van der Waals surface area contributed by atoms with E-state index in [0.29, 0.717) is 23.8 Å². The molecule has 0 spiro atoms. The Kier molecular flexibility index (Phi) is 4.69. The number of halogens is 1. The molecule has 4 nitrogen and oxygen atoms in total. The lowest BCUT2D eigenvalue weighted by molar-refractivity contribution is 0.0618. The summed E-state index contributed by atoms with van der Waals surface area (Å²) in [5, 5.41) is 3.23. The Morgan fingerprint density at radius 2 is 2.19 bits per heavy atom. The van der Waals surface area contributed by atoms with Crippen LogP contribution in [0.15, 0.2) is 18.2 Å². The maximum absolute atomic E-state index is 12.6. The number of nitrogens with one attached hydrogen (secondary N) is 1. The fourth-order valence-corrected chi connectivity index (χ4v) is 3.83. The molecule has 0 saturated carbocycles. The highest BCUT2D eigenvalue weighted by Gasteiger charge is 2.35. The summed E-state index contributed by atoms with van der Waals surface area (Å²) in [5.74, 6) is 1.31. The van der Waals surface area contributed by atoms with E-state index in [0.717, 1.165) is 10.1 Å². The van der Waals surface area contributed by atoms with Gasteiger partial charge in [0.2, 0.25) is 0 Å². The molecule has 3 heterocycles. The molecule has 4 rings (SSSR count). The normalized spacial score (nSPS) is 27.4. The van der Waals surface area contributed by atoms with E-state index in [1.807, 2.05) is 25.1 Å². The summed E-state index contributed by atoms with van der Waals surface area (Å²) < 4.78 is 6.64. The molecule has 2 bridgehead atoms. The molecular weight excluding hydrogens is 379 g/mol. The Hall–Kier alpha value is -0.820. The van der Waals surface area contributed by atoms with Crippen LogP contribution in [0.4, 0.5) is 0 Å². The van der Waals surface area contributed by atoms with Crippen LogP contribution in [0.5, 0.6) is 5.75 Å². The van der Waals surface area contributed by atoms with Gasteiger partial charge in [-0.3, -0.25) is 4.79 Å². The van der Waals surface area contributed by atoms with Crippen LogP contribution in [0.3, 0.4) is 0 Å². The lowest BCUT2D eigenvalue weighted by Gasteiger charge is -2.44. The van der Waals surface area contributed by atoms with Gasteiger partial charge in [-0.25, -0.2) is 0 Å². The molecule has 0 radical (unpaired) electrons. The average molecular weight is 400 g/mol. The van der Waals surface area contributed by atoms with Crippen molar-refractivity contribution >= 4 is 28.5 Å². The van der Waals surface area contributed by atoms with Gasteiger partial charge >= 0.3 is 0 Å². The zero-order valence-corrected chi connectivity index (χ0v) is 14.4. The number of hydrogen-bond acceptors (Lipinski definition) is 3. The molecule has 3 saturated heterocycles. The predicted octanol–water partition coefficient (Wildman–Crippen LogP) is 2.51. The summed E-state index contributed by atoms with van der Waals surface area (Å²) in [7, 11) is 0.